The molecular formula is C18H31IN4S. The van der Waals surface area contributed by atoms with Gasteiger partial charge in [0.25, 0.3) is 0 Å². The topological polar surface area (TPSA) is 30.9 Å². The maximum absolute atomic E-state index is 4.89. The Labute approximate surface area is 167 Å². The fourth-order valence-electron chi connectivity index (χ4n) is 3.51. The standard InChI is InChI=1S/C18H30N4S.HI/c1-4-19-17(22-10-7-18(2,3)14-22)20-8-11-21-9-5-16-15(13-21)6-12-23-16;/h6,12H,4-5,7-11,13-14H2,1-3H3,(H,19,20);1H. The first kappa shape index (κ1) is 20.0. The maximum Gasteiger partial charge on any atom is 0.193 e. The number of rotatable bonds is 4. The second-order valence-corrected chi connectivity index (χ2v) is 8.47. The molecule has 1 saturated heterocycles. The van der Waals surface area contributed by atoms with Crippen LogP contribution in [-0.4, -0.2) is 55.0 Å². The smallest absolute Gasteiger partial charge is 0.193 e. The molecule has 0 amide bonds. The summed E-state index contributed by atoms with van der Waals surface area (Å²) in [6.45, 7) is 14.3. The highest BCUT2D eigenvalue weighted by Gasteiger charge is 2.30. The van der Waals surface area contributed by atoms with Crippen molar-refractivity contribution in [2.75, 3.05) is 39.3 Å². The normalized spacial score (nSPS) is 20.6. The molecule has 1 aromatic heterocycles. The molecule has 136 valence electrons. The highest BCUT2D eigenvalue weighted by atomic mass is 127. The molecule has 0 unspecified atom stereocenters. The quantitative estimate of drug-likeness (QED) is 0.423. The summed E-state index contributed by atoms with van der Waals surface area (Å²) in [5, 5.41) is 5.70. The molecule has 24 heavy (non-hydrogen) atoms. The van der Waals surface area contributed by atoms with Gasteiger partial charge in [-0.3, -0.25) is 9.89 Å². The molecule has 0 atom stereocenters. The van der Waals surface area contributed by atoms with E-state index in [1.807, 2.05) is 11.3 Å². The maximum atomic E-state index is 4.89. The predicted octanol–water partition coefficient (Wildman–Crippen LogP) is 3.42. The van der Waals surface area contributed by atoms with Crippen molar-refractivity contribution in [2.24, 2.45) is 10.4 Å². The molecule has 3 rings (SSSR count). The van der Waals surface area contributed by atoms with Crippen LogP contribution in [0.5, 0.6) is 0 Å². The number of aliphatic imine (C=N–C) groups is 1. The summed E-state index contributed by atoms with van der Waals surface area (Å²) in [4.78, 5) is 11.4. The zero-order chi connectivity index (χ0) is 16.3. The van der Waals surface area contributed by atoms with Crippen molar-refractivity contribution in [1.82, 2.24) is 15.1 Å². The van der Waals surface area contributed by atoms with Gasteiger partial charge in [0.15, 0.2) is 5.96 Å². The Morgan fingerprint density at radius 1 is 1.38 bits per heavy atom. The number of thiophene rings is 1. The second kappa shape index (κ2) is 8.85. The number of likely N-dealkylation sites (tertiary alicyclic amines) is 1. The minimum Gasteiger partial charge on any atom is -0.357 e. The van der Waals surface area contributed by atoms with Crippen LogP contribution in [0.4, 0.5) is 0 Å². The Bertz CT molecular complexity index is 555. The Kier molecular flexibility index (Phi) is 7.37. The first-order chi connectivity index (χ1) is 11.1. The summed E-state index contributed by atoms with van der Waals surface area (Å²) >= 11 is 1.91. The molecule has 2 aliphatic rings. The van der Waals surface area contributed by atoms with Gasteiger partial charge in [-0.05, 0) is 42.2 Å². The number of hydrogen-bond acceptors (Lipinski definition) is 3. The zero-order valence-electron chi connectivity index (χ0n) is 15.2. The molecule has 1 fully saturated rings. The van der Waals surface area contributed by atoms with Gasteiger partial charge < -0.3 is 10.2 Å². The van der Waals surface area contributed by atoms with Crippen molar-refractivity contribution in [3.8, 4) is 0 Å². The van der Waals surface area contributed by atoms with Gasteiger partial charge in [-0.25, -0.2) is 0 Å². The fraction of sp³-hybridized carbons (Fsp3) is 0.722. The van der Waals surface area contributed by atoms with Gasteiger partial charge in [-0.2, -0.15) is 0 Å². The third-order valence-electron chi connectivity index (χ3n) is 4.88. The number of hydrogen-bond donors (Lipinski definition) is 1. The van der Waals surface area contributed by atoms with Crippen molar-refractivity contribution < 1.29 is 0 Å². The van der Waals surface area contributed by atoms with Crippen LogP contribution in [0, 0.1) is 5.41 Å². The highest BCUT2D eigenvalue weighted by molar-refractivity contribution is 14.0. The van der Waals surface area contributed by atoms with E-state index < -0.39 is 0 Å². The highest BCUT2D eigenvalue weighted by Crippen LogP contribution is 2.28. The van der Waals surface area contributed by atoms with Crippen molar-refractivity contribution in [3.63, 3.8) is 0 Å². The van der Waals surface area contributed by atoms with Crippen LogP contribution < -0.4 is 5.32 Å². The molecule has 4 nitrogen and oxygen atoms in total. The molecule has 1 aromatic rings. The third-order valence-corrected chi connectivity index (χ3v) is 5.90. The van der Waals surface area contributed by atoms with Crippen LogP contribution in [0.15, 0.2) is 16.4 Å². The lowest BCUT2D eigenvalue weighted by atomic mass is 9.93. The summed E-state index contributed by atoms with van der Waals surface area (Å²) in [6.07, 6.45) is 2.46. The van der Waals surface area contributed by atoms with E-state index in [1.165, 1.54) is 24.9 Å². The van der Waals surface area contributed by atoms with Crippen molar-refractivity contribution in [3.05, 3.63) is 21.9 Å². The predicted molar refractivity (Wildman–Crippen MR) is 115 cm³/mol. The minimum atomic E-state index is 0. The van der Waals surface area contributed by atoms with Gasteiger partial charge >= 0.3 is 0 Å². The van der Waals surface area contributed by atoms with E-state index >= 15 is 0 Å². The van der Waals surface area contributed by atoms with Gasteiger partial charge in [-0.1, -0.05) is 13.8 Å². The van der Waals surface area contributed by atoms with Crippen LogP contribution in [0.25, 0.3) is 0 Å². The average molecular weight is 462 g/mol. The van der Waals surface area contributed by atoms with Crippen molar-refractivity contribution >= 4 is 41.3 Å². The Hall–Kier alpha value is -0.340. The zero-order valence-corrected chi connectivity index (χ0v) is 18.3. The van der Waals surface area contributed by atoms with E-state index in [9.17, 15) is 0 Å². The number of guanidine groups is 1. The van der Waals surface area contributed by atoms with Gasteiger partial charge in [-0.15, -0.1) is 35.3 Å². The van der Waals surface area contributed by atoms with Crippen molar-refractivity contribution in [2.45, 2.75) is 40.2 Å². The molecule has 0 spiro atoms. The summed E-state index contributed by atoms with van der Waals surface area (Å²) < 4.78 is 0. The monoisotopic (exact) mass is 462 g/mol. The first-order valence-corrected chi connectivity index (χ1v) is 9.76. The number of halogens is 1. The Morgan fingerprint density at radius 2 is 2.21 bits per heavy atom. The molecule has 6 heteroatoms. The third kappa shape index (κ3) is 5.08. The second-order valence-electron chi connectivity index (χ2n) is 7.47. The van der Waals surface area contributed by atoms with E-state index in [2.05, 4.69) is 47.3 Å². The van der Waals surface area contributed by atoms with Crippen molar-refractivity contribution in [1.29, 1.82) is 0 Å². The lowest BCUT2D eigenvalue weighted by Gasteiger charge is -2.27. The summed E-state index contributed by atoms with van der Waals surface area (Å²) in [5.74, 6) is 1.10. The largest absolute Gasteiger partial charge is 0.357 e. The van der Waals surface area contributed by atoms with E-state index in [1.54, 1.807) is 4.88 Å². The van der Waals surface area contributed by atoms with Crippen LogP contribution in [0.1, 0.15) is 37.6 Å². The number of nitrogens with one attached hydrogen (secondary N) is 1. The van der Waals surface area contributed by atoms with Gasteiger partial charge in [0, 0.05) is 44.1 Å². The molecule has 0 aliphatic carbocycles. The minimum absolute atomic E-state index is 0. The molecule has 0 bridgehead atoms. The van der Waals surface area contributed by atoms with E-state index in [-0.39, 0.29) is 24.0 Å². The van der Waals surface area contributed by atoms with Crippen LogP contribution in [-0.2, 0) is 13.0 Å². The lowest BCUT2D eigenvalue weighted by molar-refractivity contribution is 0.263. The Morgan fingerprint density at radius 3 is 2.92 bits per heavy atom. The number of nitrogens with zero attached hydrogens (tertiary/aromatic N) is 3. The lowest BCUT2D eigenvalue weighted by Crippen LogP contribution is -2.41. The molecule has 0 saturated carbocycles. The van der Waals surface area contributed by atoms with E-state index in [0.29, 0.717) is 5.41 Å². The van der Waals surface area contributed by atoms with Gasteiger partial charge in [0.1, 0.15) is 0 Å². The van der Waals surface area contributed by atoms with Crippen LogP contribution in [0.2, 0.25) is 0 Å². The molecular weight excluding hydrogens is 431 g/mol. The molecule has 2 aliphatic heterocycles. The SMILES string of the molecule is CCNC(=NCCN1CCc2sccc2C1)N1CCC(C)(C)C1.I. The summed E-state index contributed by atoms with van der Waals surface area (Å²) in [7, 11) is 0. The average Bonchev–Trinajstić information content (AvgIpc) is 3.12. The summed E-state index contributed by atoms with van der Waals surface area (Å²) in [5.41, 5.74) is 1.94. The van der Waals surface area contributed by atoms with Gasteiger partial charge in [0.2, 0.25) is 0 Å². The molecule has 1 N–H and O–H groups in total. The number of fused-ring (bicyclic) bond motifs is 1. The fourth-order valence-corrected chi connectivity index (χ4v) is 4.40. The van der Waals surface area contributed by atoms with E-state index in [4.69, 9.17) is 4.99 Å². The Balaban J connectivity index is 0.00000208. The van der Waals surface area contributed by atoms with Crippen LogP contribution >= 0.6 is 35.3 Å². The van der Waals surface area contributed by atoms with E-state index in [0.717, 1.165) is 45.2 Å². The molecule has 3 heterocycles. The molecule has 0 radical (unpaired) electrons. The molecule has 0 aromatic carbocycles. The van der Waals surface area contributed by atoms with Gasteiger partial charge in [0.05, 0.1) is 6.54 Å². The summed E-state index contributed by atoms with van der Waals surface area (Å²) in [6, 6.07) is 2.28. The first-order valence-electron chi connectivity index (χ1n) is 8.88. The van der Waals surface area contributed by atoms with Crippen LogP contribution in [0.3, 0.4) is 0 Å².